The summed E-state index contributed by atoms with van der Waals surface area (Å²) in [5.41, 5.74) is 9.46. The number of aromatic nitrogens is 2. The first-order chi connectivity index (χ1) is 10.5. The zero-order valence-electron chi connectivity index (χ0n) is 11.9. The van der Waals surface area contributed by atoms with Crippen LogP contribution in [-0.2, 0) is 9.84 Å². The van der Waals surface area contributed by atoms with E-state index in [0.717, 1.165) is 5.56 Å². The molecule has 6 nitrogen and oxygen atoms in total. The van der Waals surface area contributed by atoms with Crippen LogP contribution in [0.1, 0.15) is 5.56 Å². The fourth-order valence-electron chi connectivity index (χ4n) is 1.89. The number of nitrogens with one attached hydrogen (secondary N) is 1. The minimum Gasteiger partial charge on any atom is -0.362 e. The van der Waals surface area contributed by atoms with E-state index in [9.17, 15) is 8.42 Å². The molecule has 0 spiro atoms. The molecule has 1 aromatic heterocycles. The van der Waals surface area contributed by atoms with Crippen molar-refractivity contribution in [3.63, 3.8) is 0 Å². The number of hydrogen-bond acceptors (Lipinski definition) is 3. The van der Waals surface area contributed by atoms with Gasteiger partial charge in [0.05, 0.1) is 15.9 Å². The van der Waals surface area contributed by atoms with Gasteiger partial charge in [-0.15, -0.1) is 0 Å². The van der Waals surface area contributed by atoms with Crippen LogP contribution in [0.25, 0.3) is 16.6 Å². The maximum Gasteiger partial charge on any atom is 0.245 e. The quantitative estimate of drug-likeness (QED) is 0.447. The number of sulfone groups is 1. The lowest BCUT2D eigenvalue weighted by Crippen LogP contribution is -2.03. The Morgan fingerprint density at radius 3 is 2.32 bits per heavy atom. The Bertz CT molecular complexity index is 889. The van der Waals surface area contributed by atoms with Gasteiger partial charge in [-0.2, -0.15) is 4.79 Å². The number of nitrogens with zero attached hydrogens (tertiary/aromatic N) is 3. The third-order valence-electron chi connectivity index (χ3n) is 2.95. The second-order valence-electron chi connectivity index (χ2n) is 4.52. The first-order valence-electron chi connectivity index (χ1n) is 6.35. The molecule has 0 aliphatic heterocycles. The summed E-state index contributed by atoms with van der Waals surface area (Å²) in [6, 6.07) is 14.0. The van der Waals surface area contributed by atoms with E-state index in [2.05, 4.69) is 21.5 Å². The molecule has 0 saturated heterocycles. The molecule has 0 unspecified atom stereocenters. The van der Waals surface area contributed by atoms with Gasteiger partial charge >= 0.3 is 0 Å². The minimum atomic E-state index is -3.58. The van der Waals surface area contributed by atoms with Crippen LogP contribution in [0.2, 0.25) is 0 Å². The highest BCUT2D eigenvalue weighted by atomic mass is 32.2. The highest BCUT2D eigenvalue weighted by Crippen LogP contribution is 2.21. The number of benzene rings is 2. The lowest BCUT2D eigenvalue weighted by Gasteiger charge is -2.01. The molecule has 0 saturated carbocycles. The van der Waals surface area contributed by atoms with Crippen LogP contribution in [0.3, 0.4) is 0 Å². The fourth-order valence-corrected chi connectivity index (χ4v) is 3.07. The van der Waals surface area contributed by atoms with Gasteiger partial charge in [0.25, 0.3) is 0 Å². The average molecular weight is 314 g/mol. The largest absolute Gasteiger partial charge is 0.362 e. The van der Waals surface area contributed by atoms with Gasteiger partial charge in [-0.05, 0) is 31.2 Å². The molecule has 1 heterocycles. The average Bonchev–Trinajstić information content (AvgIpc) is 2.93. The van der Waals surface area contributed by atoms with E-state index in [-0.39, 0.29) is 10.1 Å². The second kappa shape index (κ2) is 6.34. The first kappa shape index (κ1) is 15.6. The molecule has 3 rings (SSSR count). The van der Waals surface area contributed by atoms with Crippen LogP contribution >= 0.6 is 0 Å². The predicted molar refractivity (Wildman–Crippen MR) is 83.5 cm³/mol. The van der Waals surface area contributed by atoms with Gasteiger partial charge in [0.1, 0.15) is 0 Å². The molecule has 2 aromatic carbocycles. The van der Waals surface area contributed by atoms with Gasteiger partial charge in [0.2, 0.25) is 21.7 Å². The van der Waals surface area contributed by atoms with Gasteiger partial charge in [-0.3, -0.25) is 0 Å². The molecule has 0 aliphatic rings. The molecular formula is C15H14N4O2S. The SMILES string of the molecule is C=[N+]=[N-].Cc1ccc(S(=O)(=O)c2nc3ccccc3[nH]2)cc1. The summed E-state index contributed by atoms with van der Waals surface area (Å²) >= 11 is 0. The maximum atomic E-state index is 12.4. The standard InChI is InChI=1S/C14H12N2O2S.CH2N2/c1-10-6-8-11(9-7-10)19(17,18)14-15-12-4-2-3-5-13(12)16-14;1-3-2/h2-9H,1H3,(H,15,16);1H2. The summed E-state index contributed by atoms with van der Waals surface area (Å²) < 4.78 is 24.8. The molecule has 22 heavy (non-hydrogen) atoms. The summed E-state index contributed by atoms with van der Waals surface area (Å²) in [4.78, 5) is 9.49. The Hall–Kier alpha value is -2.76. The Balaban J connectivity index is 0.000000545. The van der Waals surface area contributed by atoms with Crippen molar-refractivity contribution in [1.82, 2.24) is 9.97 Å². The fraction of sp³-hybridized carbons (Fsp3) is 0.0667. The van der Waals surface area contributed by atoms with Crippen LogP contribution in [-0.4, -0.2) is 29.9 Å². The van der Waals surface area contributed by atoms with Crippen molar-refractivity contribution in [3.05, 3.63) is 59.6 Å². The maximum absolute atomic E-state index is 12.4. The lowest BCUT2D eigenvalue weighted by molar-refractivity contribution is 0.0110. The van der Waals surface area contributed by atoms with E-state index in [1.807, 2.05) is 19.1 Å². The predicted octanol–water partition coefficient (Wildman–Crippen LogP) is 2.62. The molecule has 7 heteroatoms. The third-order valence-corrected chi connectivity index (χ3v) is 4.55. The van der Waals surface area contributed by atoms with Crippen LogP contribution in [0, 0.1) is 6.92 Å². The zero-order valence-corrected chi connectivity index (χ0v) is 12.7. The van der Waals surface area contributed by atoms with Crippen molar-refractivity contribution >= 4 is 27.6 Å². The summed E-state index contributed by atoms with van der Waals surface area (Å²) in [6.07, 6.45) is 0. The van der Waals surface area contributed by atoms with E-state index in [1.54, 1.807) is 36.4 Å². The van der Waals surface area contributed by atoms with Crippen molar-refractivity contribution in [1.29, 1.82) is 0 Å². The Morgan fingerprint density at radius 1 is 1.14 bits per heavy atom. The molecule has 0 amide bonds. The number of H-pyrrole nitrogens is 1. The number of imidazole rings is 1. The number of fused-ring (bicyclic) bond motifs is 1. The molecule has 0 fully saturated rings. The number of aryl methyl sites for hydroxylation is 1. The summed E-state index contributed by atoms with van der Waals surface area (Å²) in [6.45, 7) is 4.58. The Morgan fingerprint density at radius 2 is 1.73 bits per heavy atom. The van der Waals surface area contributed by atoms with E-state index in [1.165, 1.54) is 0 Å². The number of rotatable bonds is 2. The molecule has 3 aromatic rings. The molecule has 1 N–H and O–H groups in total. The van der Waals surface area contributed by atoms with Gasteiger partial charge < -0.3 is 10.5 Å². The zero-order chi connectivity index (χ0) is 16.2. The first-order valence-corrected chi connectivity index (χ1v) is 7.84. The van der Waals surface area contributed by atoms with Crippen molar-refractivity contribution in [2.24, 2.45) is 0 Å². The Labute approximate surface area is 128 Å². The van der Waals surface area contributed by atoms with Crippen molar-refractivity contribution in [2.75, 3.05) is 0 Å². The molecule has 112 valence electrons. The van der Waals surface area contributed by atoms with Crippen LogP contribution in [0.4, 0.5) is 0 Å². The van der Waals surface area contributed by atoms with Crippen molar-refractivity contribution in [2.45, 2.75) is 17.0 Å². The number of para-hydroxylation sites is 2. The van der Waals surface area contributed by atoms with E-state index < -0.39 is 9.84 Å². The highest BCUT2D eigenvalue weighted by Gasteiger charge is 2.21. The third kappa shape index (κ3) is 3.11. The minimum absolute atomic E-state index is 0.0162. The smallest absolute Gasteiger partial charge is 0.245 e. The number of aromatic amines is 1. The lowest BCUT2D eigenvalue weighted by atomic mass is 10.2. The summed E-state index contributed by atoms with van der Waals surface area (Å²) in [5, 5.41) is -0.0162. The molecule has 0 aliphatic carbocycles. The summed E-state index contributed by atoms with van der Waals surface area (Å²) in [5.74, 6) is 0. The van der Waals surface area contributed by atoms with Crippen LogP contribution in [0.15, 0.2) is 58.6 Å². The van der Waals surface area contributed by atoms with Crippen LogP contribution < -0.4 is 0 Å². The van der Waals surface area contributed by atoms with Gasteiger partial charge in [-0.25, -0.2) is 13.4 Å². The number of hydrogen-bond donors (Lipinski definition) is 1. The highest BCUT2D eigenvalue weighted by molar-refractivity contribution is 7.91. The topological polar surface area (TPSA) is 99.2 Å². The normalized spacial score (nSPS) is 10.6. The van der Waals surface area contributed by atoms with Crippen molar-refractivity contribution < 1.29 is 13.2 Å². The second-order valence-corrected chi connectivity index (χ2v) is 6.38. The molecule has 0 bridgehead atoms. The van der Waals surface area contributed by atoms with E-state index in [4.69, 9.17) is 5.53 Å². The van der Waals surface area contributed by atoms with Crippen molar-refractivity contribution in [3.8, 4) is 0 Å². The molecule has 0 radical (unpaired) electrons. The van der Waals surface area contributed by atoms with Crippen LogP contribution in [0.5, 0.6) is 0 Å². The molecule has 0 atom stereocenters. The van der Waals surface area contributed by atoms with Gasteiger partial charge in [0, 0.05) is 0 Å². The molecular weight excluding hydrogens is 300 g/mol. The Kier molecular flexibility index (Phi) is 4.50. The summed E-state index contributed by atoms with van der Waals surface area (Å²) in [7, 11) is -3.58. The van der Waals surface area contributed by atoms with E-state index in [0.29, 0.717) is 11.0 Å². The van der Waals surface area contributed by atoms with Gasteiger partial charge in [-0.1, -0.05) is 29.8 Å². The van der Waals surface area contributed by atoms with Gasteiger partial charge in [0.15, 0.2) is 0 Å². The monoisotopic (exact) mass is 314 g/mol. The van der Waals surface area contributed by atoms with E-state index >= 15 is 0 Å².